The first-order valence-corrected chi connectivity index (χ1v) is 10.6. The monoisotopic (exact) mass is 425 g/mol. The summed E-state index contributed by atoms with van der Waals surface area (Å²) in [5, 5.41) is 14.1. The zero-order valence-corrected chi connectivity index (χ0v) is 17.7. The van der Waals surface area contributed by atoms with Gasteiger partial charge in [0.1, 0.15) is 23.9 Å². The molecule has 2 amide bonds. The number of pyridine rings is 1. The predicted octanol–water partition coefficient (Wildman–Crippen LogP) is 4.05. The van der Waals surface area contributed by atoms with Crippen LogP contribution in [0.1, 0.15) is 38.7 Å². The molecule has 1 aliphatic heterocycles. The number of hydrogen-bond acceptors (Lipinski definition) is 5. The van der Waals surface area contributed by atoms with Gasteiger partial charge in [-0.3, -0.25) is 4.79 Å². The van der Waals surface area contributed by atoms with E-state index in [1.54, 1.807) is 6.20 Å². The van der Waals surface area contributed by atoms with Crippen LogP contribution in [0.4, 0.5) is 10.6 Å². The van der Waals surface area contributed by atoms with E-state index in [1.807, 2.05) is 38.1 Å². The lowest BCUT2D eigenvalue weighted by Gasteiger charge is -2.22. The highest BCUT2D eigenvalue weighted by Gasteiger charge is 2.30. The van der Waals surface area contributed by atoms with Crippen LogP contribution in [0.3, 0.4) is 0 Å². The van der Waals surface area contributed by atoms with Crippen LogP contribution < -0.4 is 20.1 Å². The summed E-state index contributed by atoms with van der Waals surface area (Å²) in [5.74, 6) is 2.32. The van der Waals surface area contributed by atoms with Crippen LogP contribution in [0.25, 0.3) is 11.1 Å². The number of carbonyl (C=O) groups excluding carboxylic acids is 1. The lowest BCUT2D eigenvalue weighted by atomic mass is 9.98. The Balaban J connectivity index is 1.41. The summed E-state index contributed by atoms with van der Waals surface area (Å²) in [7, 11) is 0. The smallest absolute Gasteiger partial charge is 0.404 e. The van der Waals surface area contributed by atoms with Crippen LogP contribution in [0.5, 0.6) is 11.5 Å². The lowest BCUT2D eigenvalue weighted by molar-refractivity contribution is -0.117. The minimum atomic E-state index is -1.02. The van der Waals surface area contributed by atoms with Crippen LogP contribution in [0, 0.1) is 11.8 Å². The number of nitrogens with zero attached hydrogens (tertiary/aromatic N) is 1. The molecule has 0 saturated heterocycles. The summed E-state index contributed by atoms with van der Waals surface area (Å²) in [6.07, 6.45) is 3.31. The number of nitrogens with one attached hydrogen (secondary N) is 2. The van der Waals surface area contributed by atoms with Crippen molar-refractivity contribution in [1.82, 2.24) is 10.3 Å². The summed E-state index contributed by atoms with van der Waals surface area (Å²) < 4.78 is 11.8. The zero-order valence-electron chi connectivity index (χ0n) is 17.7. The van der Waals surface area contributed by atoms with Gasteiger partial charge in [0.25, 0.3) is 0 Å². The molecule has 1 aliphatic carbocycles. The molecule has 2 aliphatic rings. The molecule has 31 heavy (non-hydrogen) atoms. The zero-order chi connectivity index (χ0) is 22.0. The van der Waals surface area contributed by atoms with E-state index in [1.165, 1.54) is 0 Å². The molecular formula is C23H27N3O5. The number of rotatable bonds is 8. The van der Waals surface area contributed by atoms with Crippen LogP contribution in [0.2, 0.25) is 0 Å². The third-order valence-electron chi connectivity index (χ3n) is 5.47. The molecule has 0 spiro atoms. The van der Waals surface area contributed by atoms with Crippen LogP contribution in [0.15, 0.2) is 30.5 Å². The highest BCUT2D eigenvalue weighted by molar-refractivity contribution is 5.94. The maximum Gasteiger partial charge on any atom is 0.404 e. The first-order chi connectivity index (χ1) is 14.9. The van der Waals surface area contributed by atoms with Crippen molar-refractivity contribution >= 4 is 17.8 Å². The van der Waals surface area contributed by atoms with Gasteiger partial charge in [0.2, 0.25) is 5.91 Å². The molecule has 0 radical (unpaired) electrons. The summed E-state index contributed by atoms with van der Waals surface area (Å²) in [6, 6.07) is 7.48. The van der Waals surface area contributed by atoms with E-state index in [0.29, 0.717) is 31.2 Å². The van der Waals surface area contributed by atoms with Gasteiger partial charge in [-0.1, -0.05) is 6.92 Å². The Kier molecular flexibility index (Phi) is 5.97. The number of fused-ring (bicyclic) bond motifs is 3. The second kappa shape index (κ2) is 8.83. The Hall–Kier alpha value is -3.29. The molecule has 2 atom stereocenters. The van der Waals surface area contributed by atoms with Crippen molar-refractivity contribution in [3.8, 4) is 22.6 Å². The fourth-order valence-electron chi connectivity index (χ4n) is 3.76. The average molecular weight is 425 g/mol. The van der Waals surface area contributed by atoms with E-state index in [-0.39, 0.29) is 23.8 Å². The molecule has 8 heteroatoms. The quantitative estimate of drug-likeness (QED) is 0.589. The van der Waals surface area contributed by atoms with Gasteiger partial charge in [0, 0.05) is 35.3 Å². The molecule has 2 aromatic rings. The van der Waals surface area contributed by atoms with Crippen LogP contribution in [-0.4, -0.2) is 34.7 Å². The number of carboxylic acid groups (broad SMARTS) is 1. The molecule has 1 saturated carbocycles. The Morgan fingerprint density at radius 1 is 1.26 bits per heavy atom. The van der Waals surface area contributed by atoms with Crippen molar-refractivity contribution < 1.29 is 24.2 Å². The van der Waals surface area contributed by atoms with E-state index in [0.717, 1.165) is 35.3 Å². The van der Waals surface area contributed by atoms with E-state index in [9.17, 15) is 9.59 Å². The number of benzene rings is 1. The number of amides is 2. The third kappa shape index (κ3) is 5.25. The van der Waals surface area contributed by atoms with Gasteiger partial charge in [-0.05, 0) is 55.9 Å². The first-order valence-electron chi connectivity index (χ1n) is 10.6. The number of carbonyl (C=O) groups is 2. The van der Waals surface area contributed by atoms with Crippen molar-refractivity contribution in [3.05, 3.63) is 36.0 Å². The second-order valence-corrected chi connectivity index (χ2v) is 8.44. The van der Waals surface area contributed by atoms with Crippen LogP contribution >= 0.6 is 0 Å². The van der Waals surface area contributed by atoms with E-state index >= 15 is 0 Å². The summed E-state index contributed by atoms with van der Waals surface area (Å²) >= 11 is 0. The molecule has 2 unspecified atom stereocenters. The Morgan fingerprint density at radius 3 is 2.81 bits per heavy atom. The fourth-order valence-corrected chi connectivity index (χ4v) is 3.76. The number of aromatic nitrogens is 1. The molecule has 0 bridgehead atoms. The van der Waals surface area contributed by atoms with Gasteiger partial charge in [-0.15, -0.1) is 0 Å². The molecule has 164 valence electrons. The molecule has 8 nitrogen and oxygen atoms in total. The van der Waals surface area contributed by atoms with Gasteiger partial charge < -0.3 is 25.2 Å². The number of anilines is 1. The van der Waals surface area contributed by atoms with Crippen molar-refractivity contribution in [1.29, 1.82) is 0 Å². The molecule has 1 aromatic heterocycles. The first kappa shape index (κ1) is 21.0. The maximum absolute atomic E-state index is 12.1. The van der Waals surface area contributed by atoms with Crippen molar-refractivity contribution in [3.63, 3.8) is 0 Å². The SMILES string of the molecule is CC(COc1ccc2c(c1)OCc1cnc(NC(=O)C3CC3)cc1-2)CC(C)NC(=O)O. The van der Waals surface area contributed by atoms with E-state index in [4.69, 9.17) is 14.6 Å². The number of ether oxygens (including phenoxy) is 2. The Labute approximate surface area is 181 Å². The molecule has 3 N–H and O–H groups in total. The predicted molar refractivity (Wildman–Crippen MR) is 115 cm³/mol. The average Bonchev–Trinajstić information content (AvgIpc) is 3.56. The topological polar surface area (TPSA) is 110 Å². The molecule has 1 fully saturated rings. The third-order valence-corrected chi connectivity index (χ3v) is 5.47. The normalized spacial score (nSPS) is 16.2. The molecular weight excluding hydrogens is 398 g/mol. The Morgan fingerprint density at radius 2 is 2.06 bits per heavy atom. The highest BCUT2D eigenvalue weighted by atomic mass is 16.5. The second-order valence-electron chi connectivity index (χ2n) is 8.44. The Bertz CT molecular complexity index is 989. The minimum absolute atomic E-state index is 0.0328. The standard InChI is InChI=1S/C23H27N3O5/c1-13(7-14(2)25-23(28)29)11-30-17-5-6-18-19-9-21(26-22(27)15-3-4-15)24-10-16(19)12-31-20(18)8-17/h5-6,8-10,13-15,25H,3-4,7,11-12H2,1-2H3,(H,28,29)(H,24,26,27). The summed E-state index contributed by atoms with van der Waals surface area (Å²) in [4.78, 5) is 27.1. The fraction of sp³-hybridized carbons (Fsp3) is 0.435. The summed E-state index contributed by atoms with van der Waals surface area (Å²) in [5.41, 5.74) is 2.90. The van der Waals surface area contributed by atoms with Gasteiger partial charge in [0.15, 0.2) is 0 Å². The highest BCUT2D eigenvalue weighted by Crippen LogP contribution is 2.40. The lowest BCUT2D eigenvalue weighted by Crippen LogP contribution is -2.33. The van der Waals surface area contributed by atoms with Gasteiger partial charge in [-0.25, -0.2) is 9.78 Å². The molecule has 2 heterocycles. The van der Waals surface area contributed by atoms with E-state index in [2.05, 4.69) is 15.6 Å². The molecule has 1 aromatic carbocycles. The van der Waals surface area contributed by atoms with Crippen LogP contribution in [-0.2, 0) is 11.4 Å². The van der Waals surface area contributed by atoms with Crippen molar-refractivity contribution in [2.75, 3.05) is 11.9 Å². The van der Waals surface area contributed by atoms with Gasteiger partial charge in [-0.2, -0.15) is 0 Å². The number of hydrogen-bond donors (Lipinski definition) is 3. The minimum Gasteiger partial charge on any atom is -0.493 e. The van der Waals surface area contributed by atoms with Gasteiger partial charge >= 0.3 is 6.09 Å². The largest absolute Gasteiger partial charge is 0.493 e. The van der Waals surface area contributed by atoms with E-state index < -0.39 is 6.09 Å². The summed E-state index contributed by atoms with van der Waals surface area (Å²) in [6.45, 7) is 4.74. The van der Waals surface area contributed by atoms with Gasteiger partial charge in [0.05, 0.1) is 6.61 Å². The van der Waals surface area contributed by atoms with Crippen molar-refractivity contribution in [2.24, 2.45) is 11.8 Å². The van der Waals surface area contributed by atoms with Crippen molar-refractivity contribution in [2.45, 2.75) is 45.8 Å². The maximum atomic E-state index is 12.1. The molecule has 4 rings (SSSR count).